The van der Waals surface area contributed by atoms with Crippen molar-refractivity contribution in [1.29, 1.82) is 0 Å². The summed E-state index contributed by atoms with van der Waals surface area (Å²) in [5, 5.41) is 4.80. The minimum absolute atomic E-state index is 0.0874. The zero-order valence-electron chi connectivity index (χ0n) is 15.2. The largest absolute Gasteiger partial charge is 0.368 e. The Morgan fingerprint density at radius 2 is 1.78 bits per heavy atom. The summed E-state index contributed by atoms with van der Waals surface area (Å²) >= 11 is 6.24. The number of carbonyl (C=O) groups excluding carboxylic acids is 1. The minimum Gasteiger partial charge on any atom is -0.368 e. The van der Waals surface area contributed by atoms with Crippen molar-refractivity contribution in [2.24, 2.45) is 0 Å². The molecule has 27 heavy (non-hydrogen) atoms. The Morgan fingerprint density at radius 3 is 2.59 bits per heavy atom. The summed E-state index contributed by atoms with van der Waals surface area (Å²) in [4.78, 5) is 21.2. The van der Waals surface area contributed by atoms with Crippen molar-refractivity contribution in [3.63, 3.8) is 0 Å². The van der Waals surface area contributed by atoms with E-state index >= 15 is 0 Å². The molecule has 1 fully saturated rings. The number of piperazine rings is 1. The number of rotatable bonds is 2. The molecular weight excluding hydrogens is 360 g/mol. The highest BCUT2D eigenvalue weighted by Gasteiger charge is 2.23. The Bertz CT molecular complexity index is 978. The van der Waals surface area contributed by atoms with Crippen LogP contribution in [0.5, 0.6) is 0 Å². The Labute approximate surface area is 163 Å². The van der Waals surface area contributed by atoms with Gasteiger partial charge < -0.3 is 15.1 Å². The fraction of sp³-hybridized carbons (Fsp3) is 0.238. The smallest absolute Gasteiger partial charge is 0.322 e. The first-order valence-corrected chi connectivity index (χ1v) is 9.41. The first-order chi connectivity index (χ1) is 13.1. The van der Waals surface area contributed by atoms with E-state index in [-0.39, 0.29) is 6.03 Å². The number of para-hydroxylation sites is 1. The number of carbonyl (C=O) groups is 1. The molecule has 2 amide bonds. The summed E-state index contributed by atoms with van der Waals surface area (Å²) in [6.07, 6.45) is 1.74. The van der Waals surface area contributed by atoms with Crippen LogP contribution in [0, 0.1) is 6.92 Å². The van der Waals surface area contributed by atoms with Crippen molar-refractivity contribution in [3.8, 4) is 0 Å². The zero-order valence-corrected chi connectivity index (χ0v) is 15.9. The van der Waals surface area contributed by atoms with Crippen molar-refractivity contribution in [2.75, 3.05) is 36.4 Å². The average Bonchev–Trinajstić information content (AvgIpc) is 2.70. The summed E-state index contributed by atoms with van der Waals surface area (Å²) in [6, 6.07) is 15.6. The van der Waals surface area contributed by atoms with Gasteiger partial charge in [-0.25, -0.2) is 4.79 Å². The maximum atomic E-state index is 12.7. The predicted molar refractivity (Wildman–Crippen MR) is 111 cm³/mol. The van der Waals surface area contributed by atoms with E-state index < -0.39 is 0 Å². The van der Waals surface area contributed by atoms with Crippen molar-refractivity contribution >= 4 is 39.9 Å². The molecule has 1 aliphatic rings. The van der Waals surface area contributed by atoms with E-state index in [2.05, 4.69) is 21.3 Å². The lowest BCUT2D eigenvalue weighted by molar-refractivity contribution is 0.208. The number of halogens is 1. The van der Waals surface area contributed by atoms with Gasteiger partial charge in [0.25, 0.3) is 0 Å². The van der Waals surface area contributed by atoms with Gasteiger partial charge in [0.15, 0.2) is 0 Å². The van der Waals surface area contributed by atoms with E-state index in [0.717, 1.165) is 46.0 Å². The van der Waals surface area contributed by atoms with Crippen LogP contribution in [-0.4, -0.2) is 42.1 Å². The summed E-state index contributed by atoms with van der Waals surface area (Å²) in [5.74, 6) is 0. The lowest BCUT2D eigenvalue weighted by Gasteiger charge is -2.36. The van der Waals surface area contributed by atoms with Gasteiger partial charge in [-0.15, -0.1) is 0 Å². The third-order valence-electron chi connectivity index (χ3n) is 5.02. The minimum atomic E-state index is -0.0874. The lowest BCUT2D eigenvalue weighted by atomic mass is 10.1. The molecule has 0 radical (unpaired) electrons. The topological polar surface area (TPSA) is 48.5 Å². The van der Waals surface area contributed by atoms with Gasteiger partial charge in [0.1, 0.15) is 0 Å². The molecule has 4 rings (SSSR count). The van der Waals surface area contributed by atoms with Crippen LogP contribution in [0.2, 0.25) is 5.02 Å². The molecule has 1 aromatic heterocycles. The van der Waals surface area contributed by atoms with Crippen LogP contribution in [0.25, 0.3) is 10.9 Å². The molecule has 1 N–H and O–H groups in total. The SMILES string of the molecule is Cc1c(Cl)cccc1N1CCN(C(=O)Nc2cccc3cccnc23)CC1. The molecular formula is C21H21ClN4O. The van der Waals surface area contributed by atoms with E-state index in [1.165, 1.54) is 0 Å². The van der Waals surface area contributed by atoms with Crippen LogP contribution in [0.3, 0.4) is 0 Å². The highest BCUT2D eigenvalue weighted by molar-refractivity contribution is 6.31. The molecule has 0 unspecified atom stereocenters. The maximum Gasteiger partial charge on any atom is 0.322 e. The molecule has 2 heterocycles. The maximum absolute atomic E-state index is 12.7. The summed E-state index contributed by atoms with van der Waals surface area (Å²) < 4.78 is 0. The fourth-order valence-electron chi connectivity index (χ4n) is 3.49. The van der Waals surface area contributed by atoms with Crippen LogP contribution < -0.4 is 10.2 Å². The Balaban J connectivity index is 1.43. The molecule has 0 atom stereocenters. The molecule has 3 aromatic rings. The first kappa shape index (κ1) is 17.6. The number of hydrogen-bond acceptors (Lipinski definition) is 3. The number of aromatic nitrogens is 1. The standard InChI is InChI=1S/C21H21ClN4O/c1-15-17(22)7-3-9-19(15)25-11-13-26(14-12-25)21(27)24-18-8-2-5-16-6-4-10-23-20(16)18/h2-10H,11-14H2,1H3,(H,24,27). The van der Waals surface area contributed by atoms with Gasteiger partial charge in [-0.05, 0) is 36.8 Å². The summed E-state index contributed by atoms with van der Waals surface area (Å²) in [7, 11) is 0. The molecule has 0 saturated carbocycles. The Kier molecular flexibility index (Phi) is 4.86. The normalized spacial score (nSPS) is 14.4. The highest BCUT2D eigenvalue weighted by Crippen LogP contribution is 2.27. The quantitative estimate of drug-likeness (QED) is 0.709. The second-order valence-corrected chi connectivity index (χ2v) is 7.08. The molecule has 0 spiro atoms. The monoisotopic (exact) mass is 380 g/mol. The number of hydrogen-bond donors (Lipinski definition) is 1. The van der Waals surface area contributed by atoms with Crippen molar-refractivity contribution in [2.45, 2.75) is 6.92 Å². The molecule has 1 saturated heterocycles. The van der Waals surface area contributed by atoms with E-state index in [0.29, 0.717) is 13.1 Å². The molecule has 1 aliphatic heterocycles. The number of fused-ring (bicyclic) bond motifs is 1. The summed E-state index contributed by atoms with van der Waals surface area (Å²) in [6.45, 7) is 4.92. The van der Waals surface area contributed by atoms with Gasteiger partial charge in [0, 0.05) is 48.5 Å². The van der Waals surface area contributed by atoms with Crippen LogP contribution in [0.4, 0.5) is 16.2 Å². The highest BCUT2D eigenvalue weighted by atomic mass is 35.5. The van der Waals surface area contributed by atoms with E-state index in [1.807, 2.05) is 54.3 Å². The van der Waals surface area contributed by atoms with Crippen LogP contribution in [0.15, 0.2) is 54.7 Å². The van der Waals surface area contributed by atoms with Gasteiger partial charge in [0.2, 0.25) is 0 Å². The molecule has 6 heteroatoms. The van der Waals surface area contributed by atoms with Gasteiger partial charge in [-0.1, -0.05) is 35.9 Å². The third-order valence-corrected chi connectivity index (χ3v) is 5.43. The second kappa shape index (κ2) is 7.45. The van der Waals surface area contributed by atoms with Gasteiger partial charge >= 0.3 is 6.03 Å². The van der Waals surface area contributed by atoms with E-state index in [4.69, 9.17) is 11.6 Å². The van der Waals surface area contributed by atoms with E-state index in [9.17, 15) is 4.79 Å². The van der Waals surface area contributed by atoms with Gasteiger partial charge in [-0.2, -0.15) is 0 Å². The number of amides is 2. The van der Waals surface area contributed by atoms with Crippen LogP contribution in [0.1, 0.15) is 5.56 Å². The first-order valence-electron chi connectivity index (χ1n) is 9.03. The fourth-order valence-corrected chi connectivity index (χ4v) is 3.66. The zero-order chi connectivity index (χ0) is 18.8. The number of nitrogens with zero attached hydrogens (tertiary/aromatic N) is 3. The lowest BCUT2D eigenvalue weighted by Crippen LogP contribution is -2.50. The second-order valence-electron chi connectivity index (χ2n) is 6.67. The average molecular weight is 381 g/mol. The van der Waals surface area contributed by atoms with Gasteiger partial charge in [-0.3, -0.25) is 4.98 Å². The molecule has 5 nitrogen and oxygen atoms in total. The van der Waals surface area contributed by atoms with Crippen LogP contribution in [-0.2, 0) is 0 Å². The molecule has 0 bridgehead atoms. The third kappa shape index (κ3) is 3.55. The number of nitrogens with one attached hydrogen (secondary N) is 1. The molecule has 0 aliphatic carbocycles. The Hall–Kier alpha value is -2.79. The van der Waals surface area contributed by atoms with Crippen molar-refractivity contribution < 1.29 is 4.79 Å². The number of benzene rings is 2. The molecule has 2 aromatic carbocycles. The number of pyridine rings is 1. The summed E-state index contributed by atoms with van der Waals surface area (Å²) in [5.41, 5.74) is 3.77. The van der Waals surface area contributed by atoms with Crippen LogP contribution >= 0.6 is 11.6 Å². The Morgan fingerprint density at radius 1 is 1.04 bits per heavy atom. The van der Waals surface area contributed by atoms with E-state index in [1.54, 1.807) is 6.20 Å². The van der Waals surface area contributed by atoms with Gasteiger partial charge in [0.05, 0.1) is 11.2 Å². The van der Waals surface area contributed by atoms with Crippen molar-refractivity contribution in [3.05, 3.63) is 65.3 Å². The molecule has 138 valence electrons. The number of urea groups is 1. The number of anilines is 2. The predicted octanol–water partition coefficient (Wildman–Crippen LogP) is 4.55. The van der Waals surface area contributed by atoms with Crippen molar-refractivity contribution in [1.82, 2.24) is 9.88 Å².